The number of nitrogens with two attached hydrogens (primary N) is 1. The van der Waals surface area contributed by atoms with Gasteiger partial charge in [-0.05, 0) is 90.6 Å². The normalized spacial score (nSPS) is 27.7. The molecule has 0 aromatic carbocycles. The highest BCUT2D eigenvalue weighted by Gasteiger charge is 2.47. The van der Waals surface area contributed by atoms with Crippen LogP contribution in [0.2, 0.25) is 0 Å². The van der Waals surface area contributed by atoms with Crippen molar-refractivity contribution in [1.82, 2.24) is 24.0 Å². The standard InChI is InChI=1S/C32H44N6O5/c1-2-37-24-28(38(30(37)41)21-9-6-18-42-19-21)34-27(35-29(24)43-20-31-12-7-16-36(31)17-8-13-31)25(40)22-10-5-15-32(26(22)33)14-4-3-11-23(32)39/h21H,2-20,33H2,1H3/t21-,32-/m1/s1. The van der Waals surface area contributed by atoms with Gasteiger partial charge in [0.1, 0.15) is 12.4 Å². The number of rotatable bonds is 7. The Bertz CT molecular complexity index is 1520. The molecule has 2 aliphatic carbocycles. The third kappa shape index (κ3) is 4.56. The summed E-state index contributed by atoms with van der Waals surface area (Å²) in [4.78, 5) is 53.4. The summed E-state index contributed by atoms with van der Waals surface area (Å²) in [7, 11) is 0. The molecule has 2 atom stereocenters. The summed E-state index contributed by atoms with van der Waals surface area (Å²) in [6.45, 7) is 6.00. The lowest BCUT2D eigenvalue weighted by atomic mass is 9.64. The summed E-state index contributed by atoms with van der Waals surface area (Å²) < 4.78 is 15.7. The van der Waals surface area contributed by atoms with Crippen LogP contribution in [0, 0.1) is 5.41 Å². The number of Topliss-reactive ketones (excluding diaryl/α,β-unsaturated/α-hetero) is 2. The molecule has 2 N–H and O–H groups in total. The number of nitrogens with zero attached hydrogens (tertiary/aromatic N) is 5. The number of aryl methyl sites for hydroxylation is 1. The number of ether oxygens (including phenoxy) is 2. The maximum Gasteiger partial charge on any atom is 0.330 e. The molecule has 3 saturated heterocycles. The first-order valence-electron chi connectivity index (χ1n) is 16.4. The predicted molar refractivity (Wildman–Crippen MR) is 160 cm³/mol. The highest BCUT2D eigenvalue weighted by molar-refractivity contribution is 6.08. The fraction of sp³-hybridized carbons (Fsp3) is 0.719. The maximum absolute atomic E-state index is 14.3. The minimum absolute atomic E-state index is 0.0216. The lowest BCUT2D eigenvalue weighted by molar-refractivity contribution is -0.129. The Labute approximate surface area is 251 Å². The highest BCUT2D eigenvalue weighted by Crippen LogP contribution is 2.47. The van der Waals surface area contributed by atoms with E-state index in [1.807, 2.05) is 6.92 Å². The molecule has 1 spiro atoms. The Morgan fingerprint density at radius 3 is 2.53 bits per heavy atom. The number of ketones is 2. The number of carbonyl (C=O) groups excluding carboxylic acids is 2. The van der Waals surface area contributed by atoms with Gasteiger partial charge in [-0.2, -0.15) is 4.98 Å². The molecule has 7 rings (SSSR count). The van der Waals surface area contributed by atoms with Crippen molar-refractivity contribution in [3.63, 3.8) is 0 Å². The molecule has 3 aliphatic heterocycles. The van der Waals surface area contributed by atoms with Crippen molar-refractivity contribution >= 4 is 22.7 Å². The molecule has 0 bridgehead atoms. The first kappa shape index (κ1) is 28.7. The number of imidazole rings is 1. The minimum atomic E-state index is -0.758. The molecular formula is C32H44N6O5. The Morgan fingerprint density at radius 1 is 1.02 bits per heavy atom. The van der Waals surface area contributed by atoms with E-state index in [4.69, 9.17) is 25.2 Å². The number of hydrogen-bond donors (Lipinski definition) is 1. The van der Waals surface area contributed by atoms with Gasteiger partial charge in [0, 0.05) is 30.8 Å². The summed E-state index contributed by atoms with van der Waals surface area (Å²) in [5, 5.41) is 0. The second kappa shape index (κ2) is 11.1. The fourth-order valence-electron chi connectivity index (χ4n) is 8.70. The number of hydrogen-bond acceptors (Lipinski definition) is 9. The zero-order chi connectivity index (χ0) is 29.8. The van der Waals surface area contributed by atoms with Gasteiger partial charge in [0.15, 0.2) is 11.2 Å². The van der Waals surface area contributed by atoms with Crippen LogP contribution in [0.3, 0.4) is 0 Å². The van der Waals surface area contributed by atoms with Crippen molar-refractivity contribution in [1.29, 1.82) is 0 Å². The molecule has 5 heterocycles. The van der Waals surface area contributed by atoms with Gasteiger partial charge in [0.2, 0.25) is 17.5 Å². The van der Waals surface area contributed by atoms with Gasteiger partial charge < -0.3 is 15.2 Å². The van der Waals surface area contributed by atoms with E-state index in [1.165, 1.54) is 0 Å². The van der Waals surface area contributed by atoms with Gasteiger partial charge in [-0.3, -0.25) is 23.6 Å². The van der Waals surface area contributed by atoms with Gasteiger partial charge in [-0.25, -0.2) is 9.78 Å². The van der Waals surface area contributed by atoms with Crippen LogP contribution >= 0.6 is 0 Å². The van der Waals surface area contributed by atoms with Crippen molar-refractivity contribution in [2.45, 2.75) is 109 Å². The molecule has 1 saturated carbocycles. The van der Waals surface area contributed by atoms with Gasteiger partial charge in [-0.1, -0.05) is 6.42 Å². The van der Waals surface area contributed by atoms with Crippen molar-refractivity contribution in [2.24, 2.45) is 11.1 Å². The maximum atomic E-state index is 14.3. The van der Waals surface area contributed by atoms with Crippen LogP contribution in [0.5, 0.6) is 5.88 Å². The molecule has 2 aromatic rings. The summed E-state index contributed by atoms with van der Waals surface area (Å²) in [5.41, 5.74) is 7.51. The van der Waals surface area contributed by atoms with E-state index in [1.54, 1.807) is 9.13 Å². The molecule has 4 fully saturated rings. The van der Waals surface area contributed by atoms with E-state index in [0.717, 1.165) is 64.5 Å². The van der Waals surface area contributed by atoms with Gasteiger partial charge in [0.25, 0.3) is 0 Å². The molecule has 232 valence electrons. The van der Waals surface area contributed by atoms with Gasteiger partial charge in [-0.15, -0.1) is 0 Å². The third-order valence-electron chi connectivity index (χ3n) is 11.0. The Hall–Kier alpha value is -3.05. The summed E-state index contributed by atoms with van der Waals surface area (Å²) >= 11 is 0. The van der Waals surface area contributed by atoms with Crippen molar-refractivity contribution in [3.8, 4) is 5.88 Å². The Balaban J connectivity index is 1.35. The Kier molecular flexibility index (Phi) is 7.44. The highest BCUT2D eigenvalue weighted by atomic mass is 16.5. The minimum Gasteiger partial charge on any atom is -0.474 e. The molecular weight excluding hydrogens is 548 g/mol. The van der Waals surface area contributed by atoms with E-state index in [0.29, 0.717) is 80.9 Å². The zero-order valence-corrected chi connectivity index (χ0v) is 25.4. The molecule has 2 aromatic heterocycles. The van der Waals surface area contributed by atoms with Crippen molar-refractivity contribution < 1.29 is 19.1 Å². The summed E-state index contributed by atoms with van der Waals surface area (Å²) in [6, 6.07) is -0.192. The van der Waals surface area contributed by atoms with Gasteiger partial charge >= 0.3 is 5.69 Å². The fourth-order valence-corrected chi connectivity index (χ4v) is 8.70. The van der Waals surface area contributed by atoms with Crippen LogP contribution in [-0.2, 0) is 16.1 Å². The van der Waals surface area contributed by atoms with E-state index in [9.17, 15) is 14.4 Å². The molecule has 0 radical (unpaired) electrons. The predicted octanol–water partition coefficient (Wildman–Crippen LogP) is 3.68. The Morgan fingerprint density at radius 2 is 1.81 bits per heavy atom. The number of carbonyl (C=O) groups is 2. The number of allylic oxidation sites excluding steroid dienone is 2. The second-order valence-corrected chi connectivity index (χ2v) is 13.3. The lowest BCUT2D eigenvalue weighted by Gasteiger charge is -2.40. The number of aromatic nitrogens is 4. The van der Waals surface area contributed by atoms with Gasteiger partial charge in [0.05, 0.1) is 23.6 Å². The van der Waals surface area contributed by atoms with Crippen LogP contribution in [0.1, 0.15) is 107 Å². The molecule has 11 nitrogen and oxygen atoms in total. The molecule has 5 aliphatic rings. The monoisotopic (exact) mass is 592 g/mol. The zero-order valence-electron chi connectivity index (χ0n) is 25.4. The average molecular weight is 593 g/mol. The molecule has 0 amide bonds. The van der Waals surface area contributed by atoms with Crippen LogP contribution in [-0.4, -0.2) is 74.0 Å². The molecule has 43 heavy (non-hydrogen) atoms. The topological polar surface area (TPSA) is 135 Å². The first-order chi connectivity index (χ1) is 20.9. The van der Waals surface area contributed by atoms with E-state index in [2.05, 4.69) is 4.90 Å². The van der Waals surface area contributed by atoms with E-state index >= 15 is 0 Å². The largest absolute Gasteiger partial charge is 0.474 e. The van der Waals surface area contributed by atoms with Crippen LogP contribution < -0.4 is 16.2 Å². The van der Waals surface area contributed by atoms with E-state index in [-0.39, 0.29) is 40.5 Å². The summed E-state index contributed by atoms with van der Waals surface area (Å²) in [5.74, 6) is 0.0251. The van der Waals surface area contributed by atoms with Crippen LogP contribution in [0.25, 0.3) is 11.2 Å². The lowest BCUT2D eigenvalue weighted by Crippen LogP contribution is -2.43. The number of fused-ring (bicyclic) bond motifs is 2. The van der Waals surface area contributed by atoms with Crippen LogP contribution in [0.4, 0.5) is 0 Å². The SMILES string of the molecule is CCn1c(=O)n([C@@H]2CCCOC2)c2nc(C(=O)C3=C(N)[C@]4(CCCCC4=O)CCC3)nc(OCC34CCCN3CCC4)c21. The summed E-state index contributed by atoms with van der Waals surface area (Å²) in [6.07, 6.45) is 10.9. The quantitative estimate of drug-likeness (QED) is 0.478. The average Bonchev–Trinajstić information content (AvgIpc) is 3.69. The van der Waals surface area contributed by atoms with Crippen LogP contribution in [0.15, 0.2) is 16.1 Å². The smallest absolute Gasteiger partial charge is 0.330 e. The second-order valence-electron chi connectivity index (χ2n) is 13.3. The van der Waals surface area contributed by atoms with E-state index < -0.39 is 5.41 Å². The third-order valence-corrected chi connectivity index (χ3v) is 11.0. The van der Waals surface area contributed by atoms with Crippen molar-refractivity contribution in [2.75, 3.05) is 32.9 Å². The first-order valence-corrected chi connectivity index (χ1v) is 16.4. The molecule has 0 unspecified atom stereocenters. The molecule has 11 heteroatoms. The van der Waals surface area contributed by atoms with Crippen molar-refractivity contribution in [3.05, 3.63) is 27.6 Å².